The smallest absolute Gasteiger partial charge is 0.275 e. The first kappa shape index (κ1) is 12.0. The normalized spacial score (nSPS) is 10.3. The molecular weight excluding hydrogens is 230 g/mol. The molecule has 5 heteroatoms. The fraction of sp³-hybridized carbons (Fsp3) is 0.154. The van der Waals surface area contributed by atoms with Crippen molar-refractivity contribution in [3.63, 3.8) is 0 Å². The first-order valence-corrected chi connectivity index (χ1v) is 5.61. The van der Waals surface area contributed by atoms with Crippen LogP contribution in [0.25, 0.3) is 11.3 Å². The highest BCUT2D eigenvalue weighted by molar-refractivity contribution is 5.64. The number of pyridine rings is 1. The van der Waals surface area contributed by atoms with E-state index in [1.807, 2.05) is 24.3 Å². The maximum Gasteiger partial charge on any atom is 0.275 e. The highest BCUT2D eigenvalue weighted by Crippen LogP contribution is 2.24. The molecule has 92 valence electrons. The summed E-state index contributed by atoms with van der Waals surface area (Å²) in [6, 6.07) is 10.4. The van der Waals surface area contributed by atoms with Gasteiger partial charge in [0, 0.05) is 11.6 Å². The summed E-state index contributed by atoms with van der Waals surface area (Å²) in [5, 5.41) is 10.8. The van der Waals surface area contributed by atoms with Gasteiger partial charge in [-0.3, -0.25) is 10.1 Å². The third-order valence-corrected chi connectivity index (χ3v) is 2.70. The van der Waals surface area contributed by atoms with Crippen LogP contribution < -0.4 is 5.73 Å². The fourth-order valence-electron chi connectivity index (χ4n) is 1.70. The number of hydrogen-bond donors (Lipinski definition) is 1. The third-order valence-electron chi connectivity index (χ3n) is 2.70. The van der Waals surface area contributed by atoms with Crippen molar-refractivity contribution in [2.45, 2.75) is 13.3 Å². The molecule has 0 aliphatic carbocycles. The van der Waals surface area contributed by atoms with Gasteiger partial charge in [-0.25, -0.2) is 4.98 Å². The maximum absolute atomic E-state index is 10.8. The lowest BCUT2D eigenvalue weighted by Crippen LogP contribution is -1.96. The van der Waals surface area contributed by atoms with E-state index in [9.17, 15) is 10.1 Å². The first-order chi connectivity index (χ1) is 8.60. The summed E-state index contributed by atoms with van der Waals surface area (Å²) in [6.07, 6.45) is 0.949. The molecule has 2 aromatic rings. The zero-order chi connectivity index (χ0) is 13.1. The molecule has 0 fully saturated rings. The first-order valence-electron chi connectivity index (χ1n) is 5.61. The Morgan fingerprint density at radius 3 is 2.50 bits per heavy atom. The second-order valence-corrected chi connectivity index (χ2v) is 3.94. The minimum Gasteiger partial charge on any atom is -0.383 e. The van der Waals surface area contributed by atoms with Crippen LogP contribution in [0.2, 0.25) is 0 Å². The van der Waals surface area contributed by atoms with Crippen LogP contribution in [0.15, 0.2) is 36.4 Å². The largest absolute Gasteiger partial charge is 0.383 e. The molecule has 1 aromatic carbocycles. The SMILES string of the molecule is CCc1ccc(-c2cc([N+](=O)[O-])cc(N)n2)cc1. The van der Waals surface area contributed by atoms with Gasteiger partial charge in [-0.05, 0) is 12.0 Å². The Hall–Kier alpha value is -2.43. The monoisotopic (exact) mass is 243 g/mol. The van der Waals surface area contributed by atoms with E-state index in [0.717, 1.165) is 12.0 Å². The minimum atomic E-state index is -0.470. The molecule has 0 unspecified atom stereocenters. The zero-order valence-corrected chi connectivity index (χ0v) is 9.96. The van der Waals surface area contributed by atoms with Crippen LogP contribution in [-0.2, 0) is 6.42 Å². The van der Waals surface area contributed by atoms with Gasteiger partial charge < -0.3 is 5.73 Å². The molecule has 1 aromatic heterocycles. The Labute approximate surface area is 104 Å². The molecule has 1 heterocycles. The molecule has 2 rings (SSSR count). The number of nitrogens with zero attached hydrogens (tertiary/aromatic N) is 2. The van der Waals surface area contributed by atoms with Crippen molar-refractivity contribution in [2.24, 2.45) is 0 Å². The van der Waals surface area contributed by atoms with Gasteiger partial charge >= 0.3 is 0 Å². The Kier molecular flexibility index (Phi) is 3.23. The van der Waals surface area contributed by atoms with E-state index in [-0.39, 0.29) is 11.5 Å². The van der Waals surface area contributed by atoms with Crippen LogP contribution in [0, 0.1) is 10.1 Å². The molecule has 0 atom stereocenters. The number of nitrogens with two attached hydrogens (primary N) is 1. The lowest BCUT2D eigenvalue weighted by molar-refractivity contribution is -0.384. The van der Waals surface area contributed by atoms with Crippen molar-refractivity contribution in [1.29, 1.82) is 0 Å². The van der Waals surface area contributed by atoms with Gasteiger partial charge in [-0.15, -0.1) is 0 Å². The van der Waals surface area contributed by atoms with Crippen molar-refractivity contribution in [2.75, 3.05) is 5.73 Å². The number of nitro groups is 1. The number of benzene rings is 1. The Balaban J connectivity index is 2.46. The molecule has 0 spiro atoms. The van der Waals surface area contributed by atoms with E-state index in [4.69, 9.17) is 5.73 Å². The summed E-state index contributed by atoms with van der Waals surface area (Å²) >= 11 is 0. The predicted octanol–water partition coefficient (Wildman–Crippen LogP) is 2.80. The fourth-order valence-corrected chi connectivity index (χ4v) is 1.70. The van der Waals surface area contributed by atoms with Gasteiger partial charge in [0.1, 0.15) is 5.82 Å². The summed E-state index contributed by atoms with van der Waals surface area (Å²) < 4.78 is 0. The molecular formula is C13H13N3O2. The van der Waals surface area contributed by atoms with Crippen LogP contribution in [0.4, 0.5) is 11.5 Å². The average molecular weight is 243 g/mol. The number of aryl methyl sites for hydroxylation is 1. The van der Waals surface area contributed by atoms with Gasteiger partial charge in [-0.1, -0.05) is 31.2 Å². The maximum atomic E-state index is 10.8. The number of hydrogen-bond acceptors (Lipinski definition) is 4. The summed E-state index contributed by atoms with van der Waals surface area (Å²) in [5.74, 6) is 0.152. The van der Waals surface area contributed by atoms with E-state index in [2.05, 4.69) is 11.9 Å². The van der Waals surface area contributed by atoms with Gasteiger partial charge in [0.05, 0.1) is 16.7 Å². The van der Waals surface area contributed by atoms with Crippen molar-refractivity contribution in [3.05, 3.63) is 52.1 Å². The summed E-state index contributed by atoms with van der Waals surface area (Å²) in [6.45, 7) is 2.07. The molecule has 2 N–H and O–H groups in total. The molecule has 0 bridgehead atoms. The summed E-state index contributed by atoms with van der Waals surface area (Å²) in [4.78, 5) is 14.4. The van der Waals surface area contributed by atoms with E-state index in [1.54, 1.807) is 0 Å². The average Bonchev–Trinajstić information content (AvgIpc) is 2.38. The number of anilines is 1. The lowest BCUT2D eigenvalue weighted by atomic mass is 10.1. The van der Waals surface area contributed by atoms with Crippen molar-refractivity contribution in [3.8, 4) is 11.3 Å². The molecule has 0 aliphatic heterocycles. The van der Waals surface area contributed by atoms with Crippen LogP contribution in [-0.4, -0.2) is 9.91 Å². The highest BCUT2D eigenvalue weighted by atomic mass is 16.6. The Bertz CT molecular complexity index is 579. The number of rotatable bonds is 3. The molecule has 0 saturated carbocycles. The lowest BCUT2D eigenvalue weighted by Gasteiger charge is -2.03. The molecule has 5 nitrogen and oxygen atoms in total. The van der Waals surface area contributed by atoms with Gasteiger partial charge in [0.2, 0.25) is 0 Å². The Morgan fingerprint density at radius 2 is 1.94 bits per heavy atom. The van der Waals surface area contributed by atoms with Crippen molar-refractivity contribution in [1.82, 2.24) is 4.98 Å². The molecule has 0 saturated heterocycles. The minimum absolute atomic E-state index is 0.0444. The van der Waals surface area contributed by atoms with Gasteiger partial charge in [0.15, 0.2) is 0 Å². The Morgan fingerprint density at radius 1 is 1.28 bits per heavy atom. The van der Waals surface area contributed by atoms with E-state index in [1.165, 1.54) is 17.7 Å². The predicted molar refractivity (Wildman–Crippen MR) is 70.1 cm³/mol. The van der Waals surface area contributed by atoms with Crippen LogP contribution in [0.3, 0.4) is 0 Å². The molecule has 0 amide bonds. The summed E-state index contributed by atoms with van der Waals surface area (Å²) in [5.41, 5.74) is 8.08. The number of aromatic nitrogens is 1. The third kappa shape index (κ3) is 2.45. The second-order valence-electron chi connectivity index (χ2n) is 3.94. The van der Waals surface area contributed by atoms with E-state index < -0.39 is 4.92 Å². The standard InChI is InChI=1S/C13H13N3O2/c1-2-9-3-5-10(6-4-9)12-7-11(16(17)18)8-13(14)15-12/h3-8H,2H2,1H3,(H2,14,15). The second kappa shape index (κ2) is 4.83. The molecule has 0 aliphatic rings. The van der Waals surface area contributed by atoms with Crippen LogP contribution in [0.1, 0.15) is 12.5 Å². The molecule has 0 radical (unpaired) electrons. The summed E-state index contributed by atoms with van der Waals surface area (Å²) in [7, 11) is 0. The van der Waals surface area contributed by atoms with E-state index >= 15 is 0 Å². The quantitative estimate of drug-likeness (QED) is 0.663. The highest BCUT2D eigenvalue weighted by Gasteiger charge is 2.10. The number of nitrogen functional groups attached to an aromatic ring is 1. The van der Waals surface area contributed by atoms with Gasteiger partial charge in [-0.2, -0.15) is 0 Å². The zero-order valence-electron chi connectivity index (χ0n) is 9.96. The van der Waals surface area contributed by atoms with Gasteiger partial charge in [0.25, 0.3) is 5.69 Å². The van der Waals surface area contributed by atoms with Crippen LogP contribution >= 0.6 is 0 Å². The van der Waals surface area contributed by atoms with Crippen molar-refractivity contribution >= 4 is 11.5 Å². The molecule has 18 heavy (non-hydrogen) atoms. The topological polar surface area (TPSA) is 82.0 Å². The van der Waals surface area contributed by atoms with Crippen molar-refractivity contribution < 1.29 is 4.92 Å². The van der Waals surface area contributed by atoms with Crippen LogP contribution in [0.5, 0.6) is 0 Å². The van der Waals surface area contributed by atoms with E-state index in [0.29, 0.717) is 5.69 Å².